The fourth-order valence-electron chi connectivity index (χ4n) is 2.47. The van der Waals surface area contributed by atoms with E-state index in [0.717, 1.165) is 36.7 Å². The van der Waals surface area contributed by atoms with E-state index in [1.54, 1.807) is 0 Å². The molecule has 10 heteroatoms. The summed E-state index contributed by atoms with van der Waals surface area (Å²) in [5.74, 6) is -2.48. The van der Waals surface area contributed by atoms with Crippen LogP contribution in [0.3, 0.4) is 0 Å². The molecule has 1 aromatic heterocycles. The number of nitrogens with zero attached hydrogens (tertiary/aromatic N) is 2. The lowest BCUT2D eigenvalue weighted by atomic mass is 10.2. The first-order chi connectivity index (χ1) is 12.0. The predicted octanol–water partition coefficient (Wildman–Crippen LogP) is 1.76. The van der Waals surface area contributed by atoms with Gasteiger partial charge in [-0.15, -0.1) is 5.10 Å². The van der Waals surface area contributed by atoms with Crippen molar-refractivity contribution in [3.8, 4) is 0 Å². The fourth-order valence-corrected chi connectivity index (χ4v) is 3.22. The number of rotatable bonds is 6. The average Bonchev–Trinajstić information content (AvgIpc) is 3.21. The largest absolute Gasteiger partial charge is 0.376 e. The van der Waals surface area contributed by atoms with E-state index in [1.807, 2.05) is 0 Å². The number of benzene rings is 1. The number of carbonyl (C=O) groups excluding carboxylic acids is 1. The summed E-state index contributed by atoms with van der Waals surface area (Å²) in [5, 5.41) is 9.10. The number of ether oxygens (including phenoxy) is 1. The van der Waals surface area contributed by atoms with Gasteiger partial charge < -0.3 is 10.1 Å². The van der Waals surface area contributed by atoms with Gasteiger partial charge in [0.25, 0.3) is 0 Å². The third kappa shape index (κ3) is 4.45. The summed E-state index contributed by atoms with van der Waals surface area (Å²) in [7, 11) is 0. The predicted molar refractivity (Wildman–Crippen MR) is 87.5 cm³/mol. The number of thioether (sulfide) groups is 1. The van der Waals surface area contributed by atoms with E-state index in [-0.39, 0.29) is 23.2 Å². The molecule has 0 radical (unpaired) electrons. The maximum atomic E-state index is 13.1. The maximum Gasteiger partial charge on any atom is 0.344 e. The second-order valence-corrected chi connectivity index (χ2v) is 6.47. The van der Waals surface area contributed by atoms with E-state index in [1.165, 1.54) is 10.6 Å². The van der Waals surface area contributed by atoms with Crippen LogP contribution in [-0.4, -0.2) is 39.1 Å². The molecule has 0 saturated carbocycles. The number of H-pyrrole nitrogens is 1. The van der Waals surface area contributed by atoms with Crippen molar-refractivity contribution in [2.75, 3.05) is 17.7 Å². The van der Waals surface area contributed by atoms with Crippen LogP contribution in [0.1, 0.15) is 12.8 Å². The van der Waals surface area contributed by atoms with Crippen LogP contribution < -0.4 is 11.0 Å². The highest BCUT2D eigenvalue weighted by atomic mass is 32.2. The van der Waals surface area contributed by atoms with Crippen molar-refractivity contribution in [3.63, 3.8) is 0 Å². The molecule has 1 aromatic carbocycles. The Kier molecular flexibility index (Phi) is 5.49. The lowest BCUT2D eigenvalue weighted by molar-refractivity contribution is -0.113. The molecule has 2 N–H and O–H groups in total. The molecule has 2 heterocycles. The second-order valence-electron chi connectivity index (χ2n) is 5.52. The van der Waals surface area contributed by atoms with Crippen molar-refractivity contribution in [2.24, 2.45) is 0 Å². The maximum absolute atomic E-state index is 13.1. The zero-order chi connectivity index (χ0) is 17.8. The summed E-state index contributed by atoms with van der Waals surface area (Å²) in [6.07, 6.45) is 1.79. The molecule has 1 fully saturated rings. The number of hydrogen-bond donors (Lipinski definition) is 2. The van der Waals surface area contributed by atoms with Crippen LogP contribution in [0.5, 0.6) is 0 Å². The van der Waals surface area contributed by atoms with Gasteiger partial charge in [0.05, 0.1) is 18.4 Å². The van der Waals surface area contributed by atoms with Gasteiger partial charge in [-0.1, -0.05) is 11.8 Å². The van der Waals surface area contributed by atoms with Crippen molar-refractivity contribution in [2.45, 2.75) is 30.6 Å². The lowest BCUT2D eigenvalue weighted by Gasteiger charge is -2.11. The molecule has 134 valence electrons. The third-order valence-electron chi connectivity index (χ3n) is 3.67. The zero-order valence-electron chi connectivity index (χ0n) is 13.1. The Bertz CT molecular complexity index is 817. The minimum Gasteiger partial charge on any atom is -0.376 e. The van der Waals surface area contributed by atoms with Crippen LogP contribution in [0.15, 0.2) is 28.2 Å². The van der Waals surface area contributed by atoms with Gasteiger partial charge in [0.1, 0.15) is 0 Å². The first-order valence-corrected chi connectivity index (χ1v) is 8.66. The van der Waals surface area contributed by atoms with E-state index in [4.69, 9.17) is 4.74 Å². The summed E-state index contributed by atoms with van der Waals surface area (Å²) in [4.78, 5) is 23.8. The second kappa shape index (κ2) is 7.79. The Hall–Kier alpha value is -2.20. The Morgan fingerprint density at radius 3 is 3.00 bits per heavy atom. The summed E-state index contributed by atoms with van der Waals surface area (Å²) < 4.78 is 32.9. The van der Waals surface area contributed by atoms with Crippen LogP contribution in [-0.2, 0) is 16.1 Å². The molecular formula is C15H16F2N4O3S. The van der Waals surface area contributed by atoms with Gasteiger partial charge in [-0.3, -0.25) is 9.36 Å². The molecule has 1 atom stereocenters. The van der Waals surface area contributed by atoms with Crippen molar-refractivity contribution in [1.82, 2.24) is 14.8 Å². The highest BCUT2D eigenvalue weighted by molar-refractivity contribution is 7.99. The first kappa shape index (κ1) is 17.6. The van der Waals surface area contributed by atoms with Crippen molar-refractivity contribution in [1.29, 1.82) is 0 Å². The lowest BCUT2D eigenvalue weighted by Crippen LogP contribution is -2.25. The summed E-state index contributed by atoms with van der Waals surface area (Å²) in [6.45, 7) is 1.05. The Morgan fingerprint density at radius 2 is 2.28 bits per heavy atom. The topological polar surface area (TPSA) is 89.0 Å². The number of aromatic nitrogens is 3. The number of carbonyl (C=O) groups is 1. The van der Waals surface area contributed by atoms with Crippen molar-refractivity contribution in [3.05, 3.63) is 40.3 Å². The molecule has 0 unspecified atom stereocenters. The van der Waals surface area contributed by atoms with Gasteiger partial charge in [0, 0.05) is 18.4 Å². The zero-order valence-corrected chi connectivity index (χ0v) is 13.9. The molecular weight excluding hydrogens is 354 g/mol. The van der Waals surface area contributed by atoms with Gasteiger partial charge >= 0.3 is 5.69 Å². The standard InChI is InChI=1S/C15H16F2N4O3S/c16-11-4-3-9(6-12(11)17)18-13(22)8-25-15-20-19-14(23)21(15)7-10-2-1-5-24-10/h3-4,6,10H,1-2,5,7-8H2,(H,18,22)(H,19,23)/t10-/m0/s1. The summed E-state index contributed by atoms with van der Waals surface area (Å²) >= 11 is 1.07. The number of hydrogen-bond acceptors (Lipinski definition) is 5. The smallest absolute Gasteiger partial charge is 0.344 e. The van der Waals surface area contributed by atoms with E-state index < -0.39 is 17.5 Å². The van der Waals surface area contributed by atoms with Crippen LogP contribution in [0.4, 0.5) is 14.5 Å². The van der Waals surface area contributed by atoms with E-state index in [0.29, 0.717) is 18.3 Å². The van der Waals surface area contributed by atoms with Crippen LogP contribution in [0.25, 0.3) is 0 Å². The third-order valence-corrected chi connectivity index (χ3v) is 4.65. The molecule has 1 amide bonds. The number of halogens is 2. The first-order valence-electron chi connectivity index (χ1n) is 7.67. The molecule has 1 aliphatic heterocycles. The fraction of sp³-hybridized carbons (Fsp3) is 0.400. The molecule has 25 heavy (non-hydrogen) atoms. The SMILES string of the molecule is O=C(CSc1n[nH]c(=O)n1C[C@@H]1CCCO1)Nc1ccc(F)c(F)c1. The normalized spacial score (nSPS) is 17.0. The number of nitrogens with one attached hydrogen (secondary N) is 2. The van der Waals surface area contributed by atoms with Gasteiger partial charge in [-0.25, -0.2) is 18.7 Å². The molecule has 0 bridgehead atoms. The molecule has 0 spiro atoms. The van der Waals surface area contributed by atoms with Gasteiger partial charge in [0.15, 0.2) is 16.8 Å². The van der Waals surface area contributed by atoms with Gasteiger partial charge in [-0.2, -0.15) is 0 Å². The molecule has 1 aliphatic rings. The minimum absolute atomic E-state index is 0.0329. The van der Waals surface area contributed by atoms with Crippen LogP contribution >= 0.6 is 11.8 Å². The summed E-state index contributed by atoms with van der Waals surface area (Å²) in [6, 6.07) is 3.10. The monoisotopic (exact) mass is 370 g/mol. The molecule has 2 aromatic rings. The average molecular weight is 370 g/mol. The molecule has 3 rings (SSSR count). The highest BCUT2D eigenvalue weighted by Gasteiger charge is 2.20. The van der Waals surface area contributed by atoms with Crippen molar-refractivity contribution < 1.29 is 18.3 Å². The Labute approximate surface area is 145 Å². The Morgan fingerprint density at radius 1 is 1.44 bits per heavy atom. The quantitative estimate of drug-likeness (QED) is 0.757. The number of aromatic amines is 1. The van der Waals surface area contributed by atoms with Crippen molar-refractivity contribution >= 4 is 23.4 Å². The minimum atomic E-state index is -1.04. The molecule has 7 nitrogen and oxygen atoms in total. The number of amides is 1. The van der Waals surface area contributed by atoms with Crippen LogP contribution in [0, 0.1) is 11.6 Å². The highest BCUT2D eigenvalue weighted by Crippen LogP contribution is 2.19. The van der Waals surface area contributed by atoms with Crippen LogP contribution in [0.2, 0.25) is 0 Å². The van der Waals surface area contributed by atoms with Gasteiger partial charge in [0.2, 0.25) is 5.91 Å². The van der Waals surface area contributed by atoms with E-state index in [2.05, 4.69) is 15.5 Å². The van der Waals surface area contributed by atoms with E-state index >= 15 is 0 Å². The number of anilines is 1. The molecule has 1 saturated heterocycles. The summed E-state index contributed by atoms with van der Waals surface area (Å²) in [5.41, 5.74) is -0.206. The Balaban J connectivity index is 1.58. The van der Waals surface area contributed by atoms with Gasteiger partial charge in [-0.05, 0) is 25.0 Å². The van der Waals surface area contributed by atoms with E-state index in [9.17, 15) is 18.4 Å². The molecule has 0 aliphatic carbocycles.